The molecule has 0 aromatic heterocycles. The number of ether oxygens (including phenoxy) is 1. The van der Waals surface area contributed by atoms with E-state index in [0.717, 1.165) is 13.0 Å². The van der Waals surface area contributed by atoms with Crippen LogP contribution in [-0.2, 0) is 9.53 Å². The Bertz CT molecular complexity index is 223. The Morgan fingerprint density at radius 2 is 2.27 bits per heavy atom. The van der Waals surface area contributed by atoms with Crippen LogP contribution in [0.1, 0.15) is 12.8 Å². The molecule has 0 fully saturated rings. The molecule has 1 atom stereocenters. The van der Waals surface area contributed by atoms with E-state index in [9.17, 15) is 4.79 Å². The number of carbonyl (C=O) groups is 1. The lowest BCUT2D eigenvalue weighted by molar-refractivity contribution is -0.144. The zero-order chi connectivity index (χ0) is 11.7. The molecule has 0 aromatic carbocycles. The van der Waals surface area contributed by atoms with Crippen LogP contribution >= 0.6 is 30.3 Å². The number of halogens is 1. The molecular formula is C10H16INO2S. The fourth-order valence-electron chi connectivity index (χ4n) is 1.08. The highest BCUT2D eigenvalue weighted by Gasteiger charge is 2.25. The number of hydrogen-bond donors (Lipinski definition) is 0. The molecule has 0 aliphatic rings. The molecule has 0 heterocycles. The van der Waals surface area contributed by atoms with Gasteiger partial charge < -0.3 is 4.74 Å². The van der Waals surface area contributed by atoms with Crippen LogP contribution in [0.2, 0.25) is 0 Å². The average Bonchev–Trinajstić information content (AvgIpc) is 2.27. The lowest BCUT2D eigenvalue weighted by atomic mass is 10.2. The first kappa shape index (κ1) is 15.0. The first-order valence-electron chi connectivity index (χ1n) is 4.56. The van der Waals surface area contributed by atoms with Crippen molar-refractivity contribution in [2.75, 3.05) is 13.7 Å². The molecule has 0 amide bonds. The van der Waals surface area contributed by atoms with E-state index < -0.39 is 0 Å². The molecule has 0 aliphatic carbocycles. The van der Waals surface area contributed by atoms with Gasteiger partial charge in [0.15, 0.2) is 0 Å². The summed E-state index contributed by atoms with van der Waals surface area (Å²) in [6.45, 7) is 8.09. The second-order valence-corrected chi connectivity index (χ2v) is 4.64. The van der Waals surface area contributed by atoms with Gasteiger partial charge >= 0.3 is 5.97 Å². The predicted octanol–water partition coefficient (Wildman–Crippen LogP) is 2.98. The number of rotatable bonds is 8. The summed E-state index contributed by atoms with van der Waals surface area (Å²) in [5.41, 5.74) is 0. The summed E-state index contributed by atoms with van der Waals surface area (Å²) in [6.07, 6.45) is 5.01. The number of nitrogens with zero attached hydrogens (tertiary/aromatic N) is 1. The molecule has 0 N–H and O–H groups in total. The van der Waals surface area contributed by atoms with Crippen LogP contribution in [0.3, 0.4) is 0 Å². The number of esters is 1. The Balaban J connectivity index is 4.44. The first-order valence-corrected chi connectivity index (χ1v) is 7.87. The van der Waals surface area contributed by atoms with Gasteiger partial charge in [0.25, 0.3) is 0 Å². The molecule has 0 aromatic rings. The van der Waals surface area contributed by atoms with Gasteiger partial charge in [-0.25, -0.2) is 4.31 Å². The van der Waals surface area contributed by atoms with Crippen molar-refractivity contribution >= 4 is 36.3 Å². The summed E-state index contributed by atoms with van der Waals surface area (Å²) >= 11 is 2.16. The van der Waals surface area contributed by atoms with Gasteiger partial charge in [0.05, 0.1) is 7.11 Å². The van der Waals surface area contributed by atoms with Crippen molar-refractivity contribution < 1.29 is 9.53 Å². The normalized spacial score (nSPS) is 12.2. The molecule has 0 aliphatic heterocycles. The average molecular weight is 341 g/mol. The van der Waals surface area contributed by atoms with Crippen molar-refractivity contribution in [3.05, 3.63) is 25.3 Å². The minimum Gasteiger partial charge on any atom is -0.468 e. The quantitative estimate of drug-likeness (QED) is 0.294. The summed E-state index contributed by atoms with van der Waals surface area (Å²) < 4.78 is 6.74. The third-order valence-corrected chi connectivity index (χ3v) is 3.99. The Kier molecular flexibility index (Phi) is 9.23. The second kappa shape index (κ2) is 9.23. The van der Waals surface area contributed by atoms with E-state index in [2.05, 4.69) is 34.4 Å². The SMILES string of the molecule is C=CCCN(SI)C(CC=C)C(=O)OC. The largest absolute Gasteiger partial charge is 0.468 e. The Hall–Kier alpha value is -0.0100. The van der Waals surface area contributed by atoms with Gasteiger partial charge in [-0.15, -0.1) is 13.2 Å². The van der Waals surface area contributed by atoms with Gasteiger partial charge in [0.1, 0.15) is 6.04 Å². The van der Waals surface area contributed by atoms with E-state index in [4.69, 9.17) is 4.74 Å². The van der Waals surface area contributed by atoms with Gasteiger partial charge in [0, 0.05) is 27.8 Å². The highest BCUT2D eigenvalue weighted by atomic mass is 127. The zero-order valence-corrected chi connectivity index (χ0v) is 11.8. The van der Waals surface area contributed by atoms with Crippen molar-refractivity contribution in [2.24, 2.45) is 0 Å². The van der Waals surface area contributed by atoms with E-state index in [1.165, 1.54) is 16.2 Å². The van der Waals surface area contributed by atoms with Gasteiger partial charge in [-0.3, -0.25) is 4.79 Å². The number of carbonyl (C=O) groups excluding carboxylic acids is 1. The van der Waals surface area contributed by atoms with Crippen LogP contribution in [0.4, 0.5) is 0 Å². The van der Waals surface area contributed by atoms with Crippen LogP contribution < -0.4 is 0 Å². The smallest absolute Gasteiger partial charge is 0.324 e. The molecule has 0 saturated heterocycles. The molecule has 0 saturated carbocycles. The van der Waals surface area contributed by atoms with E-state index in [-0.39, 0.29) is 12.0 Å². The first-order chi connectivity index (χ1) is 7.21. The van der Waals surface area contributed by atoms with Crippen molar-refractivity contribution in [3.8, 4) is 0 Å². The molecule has 86 valence electrons. The summed E-state index contributed by atoms with van der Waals surface area (Å²) in [6, 6.07) is -0.255. The van der Waals surface area contributed by atoms with Crippen molar-refractivity contribution in [2.45, 2.75) is 18.9 Å². The van der Waals surface area contributed by atoms with E-state index in [1.54, 1.807) is 6.08 Å². The maximum atomic E-state index is 11.5. The lowest BCUT2D eigenvalue weighted by Gasteiger charge is -2.25. The summed E-state index contributed by atoms with van der Waals surface area (Å²) in [5.74, 6) is -0.219. The number of methoxy groups -OCH3 is 1. The fourth-order valence-corrected chi connectivity index (χ4v) is 2.94. The zero-order valence-electron chi connectivity index (χ0n) is 8.82. The van der Waals surface area contributed by atoms with Crippen LogP contribution in [-0.4, -0.2) is 30.0 Å². The standard InChI is InChI=1S/C10H16INO2S/c1-4-6-8-12(15-11)9(7-5-2)10(13)14-3/h4-5,9H,1-2,6-8H2,3H3. The van der Waals surface area contributed by atoms with Crippen LogP contribution in [0, 0.1) is 0 Å². The third-order valence-electron chi connectivity index (χ3n) is 1.85. The van der Waals surface area contributed by atoms with Crippen molar-refractivity contribution in [3.63, 3.8) is 0 Å². The van der Waals surface area contributed by atoms with E-state index >= 15 is 0 Å². The minimum absolute atomic E-state index is 0.219. The van der Waals surface area contributed by atoms with Crippen molar-refractivity contribution in [1.82, 2.24) is 4.31 Å². The highest BCUT2D eigenvalue weighted by Crippen LogP contribution is 2.24. The predicted molar refractivity (Wildman–Crippen MR) is 73.7 cm³/mol. The molecular weight excluding hydrogens is 325 g/mol. The topological polar surface area (TPSA) is 29.5 Å². The molecule has 0 radical (unpaired) electrons. The third kappa shape index (κ3) is 5.58. The summed E-state index contributed by atoms with van der Waals surface area (Å²) in [4.78, 5) is 11.5. The molecule has 3 nitrogen and oxygen atoms in total. The molecule has 0 rings (SSSR count). The van der Waals surface area contributed by atoms with Gasteiger partial charge in [0.2, 0.25) is 0 Å². The minimum atomic E-state index is -0.255. The van der Waals surface area contributed by atoms with Crippen LogP contribution in [0.5, 0.6) is 0 Å². The van der Waals surface area contributed by atoms with Gasteiger partial charge in [-0.2, -0.15) is 0 Å². The summed E-state index contributed by atoms with van der Waals surface area (Å²) in [7, 11) is 2.91. The Morgan fingerprint density at radius 3 is 2.67 bits per heavy atom. The van der Waals surface area contributed by atoms with Crippen LogP contribution in [0.25, 0.3) is 0 Å². The molecule has 0 bridgehead atoms. The Labute approximate surface area is 108 Å². The van der Waals surface area contributed by atoms with Gasteiger partial charge in [-0.05, 0) is 22.0 Å². The van der Waals surface area contributed by atoms with E-state index in [1.807, 2.05) is 10.4 Å². The molecule has 0 spiro atoms. The van der Waals surface area contributed by atoms with Crippen molar-refractivity contribution in [1.29, 1.82) is 0 Å². The van der Waals surface area contributed by atoms with Crippen LogP contribution in [0.15, 0.2) is 25.3 Å². The molecule has 5 heteroatoms. The lowest BCUT2D eigenvalue weighted by Crippen LogP contribution is -2.37. The Morgan fingerprint density at radius 1 is 1.60 bits per heavy atom. The molecule has 1 unspecified atom stereocenters. The van der Waals surface area contributed by atoms with Gasteiger partial charge in [-0.1, -0.05) is 12.2 Å². The molecule has 15 heavy (non-hydrogen) atoms. The maximum Gasteiger partial charge on any atom is 0.324 e. The second-order valence-electron chi connectivity index (χ2n) is 2.85. The monoisotopic (exact) mass is 341 g/mol. The van der Waals surface area contributed by atoms with E-state index in [0.29, 0.717) is 6.42 Å². The highest BCUT2D eigenvalue weighted by molar-refractivity contribution is 14.2. The number of hydrogen-bond acceptors (Lipinski definition) is 4. The fraction of sp³-hybridized carbons (Fsp3) is 0.500. The summed E-state index contributed by atoms with van der Waals surface area (Å²) in [5, 5.41) is 0. The maximum absolute atomic E-state index is 11.5.